The molecule has 3 heteroatoms. The van der Waals surface area contributed by atoms with Crippen molar-refractivity contribution < 1.29 is 9.84 Å². The van der Waals surface area contributed by atoms with Gasteiger partial charge in [0, 0.05) is 11.8 Å². The van der Waals surface area contributed by atoms with E-state index in [0.29, 0.717) is 12.4 Å². The van der Waals surface area contributed by atoms with Crippen molar-refractivity contribution in [3.8, 4) is 11.5 Å². The van der Waals surface area contributed by atoms with Gasteiger partial charge in [0.1, 0.15) is 11.5 Å². The predicted octanol–water partition coefficient (Wildman–Crippen LogP) is 3.89. The number of phenols is 1. The molecule has 0 amide bonds. The van der Waals surface area contributed by atoms with Crippen LogP contribution in [0.15, 0.2) is 42.5 Å². The van der Waals surface area contributed by atoms with Gasteiger partial charge in [0.05, 0.1) is 12.6 Å². The summed E-state index contributed by atoms with van der Waals surface area (Å²) in [5.74, 6) is 1.29. The largest absolute Gasteiger partial charge is 0.508 e. The van der Waals surface area contributed by atoms with Gasteiger partial charge in [-0.05, 0) is 49.1 Å². The first-order chi connectivity index (χ1) is 9.78. The van der Waals surface area contributed by atoms with Crippen LogP contribution in [0.3, 0.4) is 0 Å². The number of rotatable bonds is 4. The van der Waals surface area contributed by atoms with Crippen LogP contribution >= 0.6 is 0 Å². The van der Waals surface area contributed by atoms with Gasteiger partial charge in [0.25, 0.3) is 0 Å². The van der Waals surface area contributed by atoms with Crippen LogP contribution in [0.2, 0.25) is 0 Å². The van der Waals surface area contributed by atoms with Crippen molar-refractivity contribution in [3.05, 3.63) is 53.6 Å². The zero-order valence-electron chi connectivity index (χ0n) is 11.6. The van der Waals surface area contributed by atoms with Crippen LogP contribution in [-0.4, -0.2) is 11.7 Å². The topological polar surface area (TPSA) is 41.5 Å². The zero-order chi connectivity index (χ0) is 13.9. The molecule has 0 heterocycles. The van der Waals surface area contributed by atoms with Crippen molar-refractivity contribution in [2.24, 2.45) is 0 Å². The Kier molecular flexibility index (Phi) is 3.50. The number of hydrogen-bond donors (Lipinski definition) is 2. The van der Waals surface area contributed by atoms with E-state index in [1.54, 1.807) is 6.07 Å². The summed E-state index contributed by atoms with van der Waals surface area (Å²) in [4.78, 5) is 0. The molecule has 2 aromatic rings. The predicted molar refractivity (Wildman–Crippen MR) is 80.4 cm³/mol. The second-order valence-corrected chi connectivity index (χ2v) is 5.04. The first-order valence-electron chi connectivity index (χ1n) is 7.08. The Balaban J connectivity index is 1.80. The molecule has 3 nitrogen and oxygen atoms in total. The maximum Gasteiger partial charge on any atom is 0.121 e. The lowest BCUT2D eigenvalue weighted by atomic mass is 10.1. The SMILES string of the molecule is CCOc1cccc(NC2CCc3c(O)cccc32)c1. The van der Waals surface area contributed by atoms with E-state index >= 15 is 0 Å². The summed E-state index contributed by atoms with van der Waals surface area (Å²) >= 11 is 0. The third kappa shape index (κ3) is 2.44. The number of aromatic hydroxyl groups is 1. The fraction of sp³-hybridized carbons (Fsp3) is 0.294. The van der Waals surface area contributed by atoms with Gasteiger partial charge in [-0.3, -0.25) is 0 Å². The summed E-state index contributed by atoms with van der Waals surface area (Å²) in [6, 6.07) is 14.0. The lowest BCUT2D eigenvalue weighted by Crippen LogP contribution is -2.07. The third-order valence-electron chi connectivity index (χ3n) is 3.73. The quantitative estimate of drug-likeness (QED) is 0.884. The Bertz CT molecular complexity index is 610. The van der Waals surface area contributed by atoms with Crippen molar-refractivity contribution >= 4 is 5.69 Å². The smallest absolute Gasteiger partial charge is 0.121 e. The number of phenolic OH excluding ortho intramolecular Hbond substituents is 1. The minimum absolute atomic E-state index is 0.258. The molecular weight excluding hydrogens is 250 g/mol. The molecule has 104 valence electrons. The molecule has 0 fully saturated rings. The van der Waals surface area contributed by atoms with Crippen molar-refractivity contribution in [3.63, 3.8) is 0 Å². The number of benzene rings is 2. The van der Waals surface area contributed by atoms with E-state index in [-0.39, 0.29) is 6.04 Å². The highest BCUT2D eigenvalue weighted by atomic mass is 16.5. The molecule has 0 aromatic heterocycles. The van der Waals surface area contributed by atoms with Crippen molar-refractivity contribution in [2.45, 2.75) is 25.8 Å². The summed E-state index contributed by atoms with van der Waals surface area (Å²) in [6.07, 6.45) is 1.93. The molecule has 20 heavy (non-hydrogen) atoms. The lowest BCUT2D eigenvalue weighted by molar-refractivity contribution is 0.340. The summed E-state index contributed by atoms with van der Waals surface area (Å²) in [5.41, 5.74) is 3.33. The molecule has 0 bridgehead atoms. The van der Waals surface area contributed by atoms with Crippen LogP contribution in [-0.2, 0) is 6.42 Å². The van der Waals surface area contributed by atoms with E-state index < -0.39 is 0 Å². The van der Waals surface area contributed by atoms with Gasteiger partial charge < -0.3 is 15.2 Å². The summed E-state index contributed by atoms with van der Waals surface area (Å²) in [5, 5.41) is 13.4. The highest BCUT2D eigenvalue weighted by Crippen LogP contribution is 2.38. The Labute approximate surface area is 119 Å². The van der Waals surface area contributed by atoms with E-state index in [4.69, 9.17) is 4.74 Å². The van der Waals surface area contributed by atoms with Crippen molar-refractivity contribution in [2.75, 3.05) is 11.9 Å². The van der Waals surface area contributed by atoms with E-state index in [1.165, 1.54) is 5.56 Å². The van der Waals surface area contributed by atoms with Gasteiger partial charge in [-0.15, -0.1) is 0 Å². The maximum atomic E-state index is 9.88. The molecule has 0 saturated heterocycles. The van der Waals surface area contributed by atoms with Crippen LogP contribution in [0.4, 0.5) is 5.69 Å². The minimum Gasteiger partial charge on any atom is -0.508 e. The normalized spacial score (nSPS) is 16.8. The number of hydrogen-bond acceptors (Lipinski definition) is 3. The van der Waals surface area contributed by atoms with E-state index in [9.17, 15) is 5.11 Å². The minimum atomic E-state index is 0.258. The summed E-state index contributed by atoms with van der Waals surface area (Å²) in [7, 11) is 0. The van der Waals surface area contributed by atoms with E-state index in [2.05, 4.69) is 11.4 Å². The van der Waals surface area contributed by atoms with Gasteiger partial charge in [-0.2, -0.15) is 0 Å². The number of nitrogens with one attached hydrogen (secondary N) is 1. The second kappa shape index (κ2) is 5.45. The molecular formula is C17H19NO2. The Morgan fingerprint density at radius 1 is 1.25 bits per heavy atom. The molecule has 0 spiro atoms. The van der Waals surface area contributed by atoms with Gasteiger partial charge in [-0.1, -0.05) is 18.2 Å². The second-order valence-electron chi connectivity index (χ2n) is 5.04. The van der Waals surface area contributed by atoms with E-state index in [1.807, 2.05) is 37.3 Å². The van der Waals surface area contributed by atoms with Crippen LogP contribution in [0, 0.1) is 0 Å². The number of anilines is 1. The Hall–Kier alpha value is -2.16. The van der Waals surface area contributed by atoms with Gasteiger partial charge in [0.15, 0.2) is 0 Å². The molecule has 1 aliphatic rings. The fourth-order valence-electron chi connectivity index (χ4n) is 2.83. The van der Waals surface area contributed by atoms with Gasteiger partial charge in [-0.25, -0.2) is 0 Å². The first kappa shape index (κ1) is 12.9. The highest BCUT2D eigenvalue weighted by Gasteiger charge is 2.24. The summed E-state index contributed by atoms with van der Waals surface area (Å²) in [6.45, 7) is 2.65. The highest BCUT2D eigenvalue weighted by molar-refractivity contribution is 5.53. The van der Waals surface area contributed by atoms with Gasteiger partial charge >= 0.3 is 0 Å². The van der Waals surface area contributed by atoms with Crippen molar-refractivity contribution in [1.82, 2.24) is 0 Å². The number of ether oxygens (including phenoxy) is 1. The van der Waals surface area contributed by atoms with E-state index in [0.717, 1.165) is 29.8 Å². The Morgan fingerprint density at radius 3 is 2.95 bits per heavy atom. The van der Waals surface area contributed by atoms with Crippen LogP contribution in [0.1, 0.15) is 30.5 Å². The van der Waals surface area contributed by atoms with Crippen LogP contribution in [0.25, 0.3) is 0 Å². The average Bonchev–Trinajstić information content (AvgIpc) is 2.84. The molecule has 1 atom stereocenters. The molecule has 2 N–H and O–H groups in total. The fourth-order valence-corrected chi connectivity index (χ4v) is 2.83. The third-order valence-corrected chi connectivity index (χ3v) is 3.73. The Morgan fingerprint density at radius 2 is 2.10 bits per heavy atom. The van der Waals surface area contributed by atoms with Crippen LogP contribution in [0.5, 0.6) is 11.5 Å². The molecule has 1 unspecified atom stereocenters. The summed E-state index contributed by atoms with van der Waals surface area (Å²) < 4.78 is 5.52. The van der Waals surface area contributed by atoms with Crippen molar-refractivity contribution in [1.29, 1.82) is 0 Å². The molecule has 1 aliphatic carbocycles. The lowest BCUT2D eigenvalue weighted by Gasteiger charge is -2.16. The monoisotopic (exact) mass is 269 g/mol. The molecule has 0 saturated carbocycles. The molecule has 0 aliphatic heterocycles. The van der Waals surface area contributed by atoms with Crippen LogP contribution < -0.4 is 10.1 Å². The zero-order valence-corrected chi connectivity index (χ0v) is 11.6. The molecule has 3 rings (SSSR count). The van der Waals surface area contributed by atoms with Gasteiger partial charge in [0.2, 0.25) is 0 Å². The number of fused-ring (bicyclic) bond motifs is 1. The average molecular weight is 269 g/mol. The first-order valence-corrected chi connectivity index (χ1v) is 7.08. The standard InChI is InChI=1S/C17H19NO2/c1-2-20-13-6-3-5-12(11-13)18-16-10-9-15-14(16)7-4-8-17(15)19/h3-8,11,16,18-19H,2,9-10H2,1H3. The molecule has 2 aromatic carbocycles. The maximum absolute atomic E-state index is 9.88. The molecule has 0 radical (unpaired) electrons.